The van der Waals surface area contributed by atoms with Crippen LogP contribution in [0.15, 0.2) is 45.2 Å². The van der Waals surface area contributed by atoms with Crippen LogP contribution in [0.1, 0.15) is 32.1 Å². The predicted molar refractivity (Wildman–Crippen MR) is 117 cm³/mol. The van der Waals surface area contributed by atoms with Gasteiger partial charge in [0.25, 0.3) is 0 Å². The second-order valence-electron chi connectivity index (χ2n) is 7.99. The van der Waals surface area contributed by atoms with Gasteiger partial charge in [0.15, 0.2) is 12.2 Å². The predicted octanol–water partition coefficient (Wildman–Crippen LogP) is 2.29. The van der Waals surface area contributed by atoms with Gasteiger partial charge in [-0.3, -0.25) is 4.90 Å². The molecule has 2 aliphatic heterocycles. The number of ether oxygens (including phenoxy) is 1. The van der Waals surface area contributed by atoms with E-state index in [1.807, 2.05) is 0 Å². The number of aliphatic imine (C=N–C) groups is 2. The summed E-state index contributed by atoms with van der Waals surface area (Å²) >= 11 is 0. The minimum Gasteiger partial charge on any atom is -0.444 e. The Morgan fingerprint density at radius 1 is 1.00 bits per heavy atom. The zero-order valence-corrected chi connectivity index (χ0v) is 17.0. The Labute approximate surface area is 175 Å². The second kappa shape index (κ2) is 7.64. The average Bonchev–Trinajstić information content (AvgIpc) is 3.29. The summed E-state index contributed by atoms with van der Waals surface area (Å²) in [5, 5.41) is 0. The van der Waals surface area contributed by atoms with Crippen LogP contribution in [0.2, 0.25) is 0 Å². The third kappa shape index (κ3) is 3.28. The van der Waals surface area contributed by atoms with E-state index in [-0.39, 0.29) is 5.96 Å². The van der Waals surface area contributed by atoms with E-state index in [9.17, 15) is 0 Å². The molecule has 5 rings (SSSR count). The lowest BCUT2D eigenvalue weighted by molar-refractivity contribution is 0.122. The van der Waals surface area contributed by atoms with Crippen LogP contribution in [-0.2, 0) is 4.74 Å². The van der Waals surface area contributed by atoms with Crippen LogP contribution in [0.25, 0.3) is 11.3 Å². The summed E-state index contributed by atoms with van der Waals surface area (Å²) in [5.41, 5.74) is 15.0. The van der Waals surface area contributed by atoms with Gasteiger partial charge in [-0.25, -0.2) is 9.98 Å². The van der Waals surface area contributed by atoms with Gasteiger partial charge in [0.05, 0.1) is 30.8 Å². The minimum absolute atomic E-state index is 0.255. The van der Waals surface area contributed by atoms with E-state index in [4.69, 9.17) is 25.6 Å². The summed E-state index contributed by atoms with van der Waals surface area (Å²) in [6.45, 7) is 3.03. The van der Waals surface area contributed by atoms with Gasteiger partial charge in [0.1, 0.15) is 5.66 Å². The van der Waals surface area contributed by atoms with E-state index < -0.39 is 5.66 Å². The summed E-state index contributed by atoms with van der Waals surface area (Å²) < 4.78 is 11.1. The van der Waals surface area contributed by atoms with Gasteiger partial charge >= 0.3 is 0 Å². The molecule has 2 fully saturated rings. The van der Waals surface area contributed by atoms with Crippen LogP contribution in [0.3, 0.4) is 0 Å². The molecule has 3 heterocycles. The highest BCUT2D eigenvalue weighted by Crippen LogP contribution is 2.44. The quantitative estimate of drug-likeness (QED) is 0.798. The topological polar surface area (TPSA) is 118 Å². The lowest BCUT2D eigenvalue weighted by Gasteiger charge is -2.47. The Morgan fingerprint density at radius 2 is 1.80 bits per heavy atom. The highest BCUT2D eigenvalue weighted by molar-refractivity contribution is 6.07. The molecule has 158 valence electrons. The van der Waals surface area contributed by atoms with E-state index in [1.165, 1.54) is 12.8 Å². The molecular formula is C21H27N7O2. The molecule has 0 bridgehead atoms. The third-order valence-electron chi connectivity index (χ3n) is 6.14. The first-order valence-electron chi connectivity index (χ1n) is 10.5. The van der Waals surface area contributed by atoms with Gasteiger partial charge in [0, 0.05) is 18.7 Å². The molecule has 9 nitrogen and oxygen atoms in total. The number of hydrogen-bond acceptors (Lipinski definition) is 9. The minimum atomic E-state index is -0.505. The van der Waals surface area contributed by atoms with Crippen molar-refractivity contribution < 1.29 is 9.15 Å². The van der Waals surface area contributed by atoms with Crippen LogP contribution in [-0.4, -0.2) is 48.9 Å². The van der Waals surface area contributed by atoms with Crippen LogP contribution >= 0.6 is 0 Å². The summed E-state index contributed by atoms with van der Waals surface area (Å²) in [6, 6.07) is 6.27. The van der Waals surface area contributed by atoms with Crippen LogP contribution in [0.5, 0.6) is 0 Å². The molecule has 4 N–H and O–H groups in total. The van der Waals surface area contributed by atoms with E-state index in [2.05, 4.69) is 38.0 Å². The van der Waals surface area contributed by atoms with E-state index in [0.717, 1.165) is 55.7 Å². The average molecular weight is 409 g/mol. The van der Waals surface area contributed by atoms with Crippen molar-refractivity contribution in [3.05, 3.63) is 30.8 Å². The fourth-order valence-corrected chi connectivity index (χ4v) is 4.76. The number of anilines is 2. The second-order valence-corrected chi connectivity index (χ2v) is 7.99. The molecule has 1 saturated carbocycles. The number of aromatic nitrogens is 1. The van der Waals surface area contributed by atoms with Crippen molar-refractivity contribution >= 4 is 23.3 Å². The van der Waals surface area contributed by atoms with Gasteiger partial charge in [-0.05, 0) is 43.9 Å². The van der Waals surface area contributed by atoms with E-state index in [0.29, 0.717) is 24.9 Å². The maximum Gasteiger partial charge on any atom is 0.220 e. The van der Waals surface area contributed by atoms with Gasteiger partial charge in [-0.2, -0.15) is 4.99 Å². The molecule has 0 amide bonds. The number of nitrogens with zero attached hydrogens (tertiary/aromatic N) is 5. The zero-order chi connectivity index (χ0) is 20.6. The van der Waals surface area contributed by atoms with Gasteiger partial charge in [-0.15, -0.1) is 0 Å². The molecule has 1 saturated heterocycles. The number of nitrogens with two attached hydrogens (primary N) is 2. The molecule has 1 aromatic carbocycles. The SMILES string of the molecule is NC1=NC2(CCCCC2)N(c2cc(-c3cnco3)ccc2N2CCOCC2)C(N)=N1. The van der Waals surface area contributed by atoms with Crippen molar-refractivity contribution in [1.29, 1.82) is 0 Å². The summed E-state index contributed by atoms with van der Waals surface area (Å²) in [4.78, 5) is 17.7. The lowest BCUT2D eigenvalue weighted by atomic mass is 9.87. The van der Waals surface area contributed by atoms with Crippen molar-refractivity contribution in [3.8, 4) is 11.3 Å². The number of guanidine groups is 2. The van der Waals surface area contributed by atoms with Crippen molar-refractivity contribution in [2.75, 3.05) is 36.1 Å². The van der Waals surface area contributed by atoms with Crippen molar-refractivity contribution in [1.82, 2.24) is 4.98 Å². The van der Waals surface area contributed by atoms with Gasteiger partial charge in [0.2, 0.25) is 11.9 Å². The Morgan fingerprint density at radius 3 is 2.53 bits per heavy atom. The van der Waals surface area contributed by atoms with Crippen molar-refractivity contribution in [2.45, 2.75) is 37.8 Å². The van der Waals surface area contributed by atoms with E-state index in [1.54, 1.807) is 6.20 Å². The first-order chi connectivity index (χ1) is 14.7. The van der Waals surface area contributed by atoms with Crippen LogP contribution < -0.4 is 21.3 Å². The molecule has 0 radical (unpaired) electrons. The monoisotopic (exact) mass is 409 g/mol. The third-order valence-corrected chi connectivity index (χ3v) is 6.14. The normalized spacial score (nSPS) is 21.5. The first kappa shape index (κ1) is 18.9. The molecule has 1 aromatic heterocycles. The number of hydrogen-bond donors (Lipinski definition) is 2. The summed E-state index contributed by atoms with van der Waals surface area (Å²) in [6.07, 6.45) is 8.28. The smallest absolute Gasteiger partial charge is 0.220 e. The molecule has 0 atom stereocenters. The van der Waals surface area contributed by atoms with E-state index >= 15 is 0 Å². The molecule has 3 aliphatic rings. The maximum atomic E-state index is 6.51. The Balaban J connectivity index is 1.66. The van der Waals surface area contributed by atoms with Gasteiger partial charge in [-0.1, -0.05) is 6.42 Å². The highest BCUT2D eigenvalue weighted by Gasteiger charge is 2.43. The maximum absolute atomic E-state index is 6.51. The summed E-state index contributed by atoms with van der Waals surface area (Å²) in [7, 11) is 0. The first-order valence-corrected chi connectivity index (χ1v) is 10.5. The summed E-state index contributed by atoms with van der Waals surface area (Å²) in [5.74, 6) is 1.34. The van der Waals surface area contributed by atoms with Crippen LogP contribution in [0.4, 0.5) is 11.4 Å². The standard InChI is InChI=1S/C21H27N7O2/c22-19-25-20(23)28(21(26-19)6-2-1-3-7-21)17-12-15(18-13-24-14-30-18)4-5-16(17)27-8-10-29-11-9-27/h4-5,12-14H,1-3,6-11H2,(H4,22,23,25,26). The largest absolute Gasteiger partial charge is 0.444 e. The van der Waals surface area contributed by atoms with Crippen LogP contribution in [0, 0.1) is 0 Å². The highest BCUT2D eigenvalue weighted by atomic mass is 16.5. The number of benzene rings is 1. The number of morpholine rings is 1. The molecule has 2 aromatic rings. The van der Waals surface area contributed by atoms with Crippen molar-refractivity contribution in [3.63, 3.8) is 0 Å². The molecular weight excluding hydrogens is 382 g/mol. The molecule has 9 heteroatoms. The molecule has 0 unspecified atom stereocenters. The number of rotatable bonds is 3. The fraction of sp³-hybridized carbons (Fsp3) is 0.476. The zero-order valence-electron chi connectivity index (χ0n) is 17.0. The Hall–Kier alpha value is -3.07. The van der Waals surface area contributed by atoms with Crippen molar-refractivity contribution in [2.24, 2.45) is 21.5 Å². The number of oxazole rings is 1. The molecule has 1 aliphatic carbocycles. The molecule has 1 spiro atoms. The van der Waals surface area contributed by atoms with Gasteiger partial charge < -0.3 is 25.5 Å². The molecule has 30 heavy (non-hydrogen) atoms. The Bertz CT molecular complexity index is 958. The Kier molecular flexibility index (Phi) is 4.82. The lowest BCUT2D eigenvalue weighted by Crippen LogP contribution is -2.58. The fourth-order valence-electron chi connectivity index (χ4n) is 4.76.